The van der Waals surface area contributed by atoms with Crippen molar-refractivity contribution >= 4 is 5.91 Å². The summed E-state index contributed by atoms with van der Waals surface area (Å²) in [7, 11) is 3.88. The zero-order chi connectivity index (χ0) is 11.6. The van der Waals surface area contributed by atoms with E-state index in [0.29, 0.717) is 0 Å². The molecule has 1 aliphatic rings. The van der Waals surface area contributed by atoms with E-state index >= 15 is 0 Å². The Morgan fingerprint density at radius 2 is 1.87 bits per heavy atom. The van der Waals surface area contributed by atoms with Crippen LogP contribution in [0.1, 0.15) is 26.7 Å². The largest absolute Gasteiger partial charge is 0.381 e. The molecule has 0 aromatic heterocycles. The fourth-order valence-corrected chi connectivity index (χ4v) is 1.98. The average molecular weight is 214 g/mol. The molecule has 0 aromatic rings. The summed E-state index contributed by atoms with van der Waals surface area (Å²) in [6, 6.07) is 0.278. The van der Waals surface area contributed by atoms with Crippen molar-refractivity contribution in [2.75, 3.05) is 27.2 Å². The van der Waals surface area contributed by atoms with Crippen LogP contribution < -0.4 is 0 Å². The van der Waals surface area contributed by atoms with Gasteiger partial charge < -0.3 is 14.9 Å². The van der Waals surface area contributed by atoms with Crippen molar-refractivity contribution in [2.45, 2.75) is 38.3 Å². The molecule has 1 N–H and O–H groups in total. The van der Waals surface area contributed by atoms with Gasteiger partial charge in [-0.1, -0.05) is 0 Å². The topological polar surface area (TPSA) is 43.8 Å². The van der Waals surface area contributed by atoms with Crippen molar-refractivity contribution in [3.05, 3.63) is 0 Å². The SMILES string of the molecule is CN1CCC(N(C)C(=O)C(C)(C)O)CC1. The van der Waals surface area contributed by atoms with Crippen LogP contribution in [0.3, 0.4) is 0 Å². The van der Waals surface area contributed by atoms with Gasteiger partial charge in [0.25, 0.3) is 5.91 Å². The lowest BCUT2D eigenvalue weighted by Gasteiger charge is -2.37. The number of carbonyl (C=O) groups excluding carboxylic acids is 1. The van der Waals surface area contributed by atoms with Gasteiger partial charge in [-0.05, 0) is 46.8 Å². The van der Waals surface area contributed by atoms with Gasteiger partial charge in [0.05, 0.1) is 0 Å². The van der Waals surface area contributed by atoms with Gasteiger partial charge in [0.1, 0.15) is 5.60 Å². The predicted octanol–water partition coefficient (Wildman–Crippen LogP) is 0.310. The van der Waals surface area contributed by atoms with Crippen LogP contribution in [0.25, 0.3) is 0 Å². The summed E-state index contributed by atoms with van der Waals surface area (Å²) >= 11 is 0. The van der Waals surface area contributed by atoms with Crippen molar-refractivity contribution in [2.24, 2.45) is 0 Å². The van der Waals surface area contributed by atoms with Crippen LogP contribution in [-0.4, -0.2) is 59.6 Å². The first-order chi connectivity index (χ1) is 6.82. The van der Waals surface area contributed by atoms with Crippen molar-refractivity contribution in [3.63, 3.8) is 0 Å². The summed E-state index contributed by atoms with van der Waals surface area (Å²) in [5.74, 6) is -0.183. The molecule has 0 bridgehead atoms. The van der Waals surface area contributed by atoms with Crippen LogP contribution in [0, 0.1) is 0 Å². The number of piperidine rings is 1. The molecule has 15 heavy (non-hydrogen) atoms. The van der Waals surface area contributed by atoms with Crippen LogP contribution in [0.15, 0.2) is 0 Å². The Balaban J connectivity index is 2.54. The lowest BCUT2D eigenvalue weighted by molar-refractivity contribution is -0.149. The second-order valence-corrected chi connectivity index (χ2v) is 5.01. The average Bonchev–Trinajstić information content (AvgIpc) is 2.15. The number of carbonyl (C=O) groups is 1. The number of rotatable bonds is 2. The highest BCUT2D eigenvalue weighted by atomic mass is 16.3. The second kappa shape index (κ2) is 4.49. The van der Waals surface area contributed by atoms with E-state index in [0.717, 1.165) is 25.9 Å². The van der Waals surface area contributed by atoms with Crippen LogP contribution in [-0.2, 0) is 4.79 Å². The summed E-state index contributed by atoms with van der Waals surface area (Å²) in [4.78, 5) is 15.8. The molecule has 1 aliphatic heterocycles. The predicted molar refractivity (Wildman–Crippen MR) is 59.6 cm³/mol. The molecule has 0 unspecified atom stereocenters. The summed E-state index contributed by atoms with van der Waals surface area (Å²) in [6.45, 7) is 5.13. The lowest BCUT2D eigenvalue weighted by Crippen LogP contribution is -2.50. The number of hydrogen-bond donors (Lipinski definition) is 1. The Hall–Kier alpha value is -0.610. The van der Waals surface area contributed by atoms with Crippen LogP contribution in [0.5, 0.6) is 0 Å². The van der Waals surface area contributed by atoms with Crippen molar-refractivity contribution in [1.29, 1.82) is 0 Å². The van der Waals surface area contributed by atoms with Gasteiger partial charge in [0.15, 0.2) is 0 Å². The highest BCUT2D eigenvalue weighted by Crippen LogP contribution is 2.17. The zero-order valence-electron chi connectivity index (χ0n) is 10.2. The van der Waals surface area contributed by atoms with Gasteiger partial charge in [0.2, 0.25) is 0 Å². The molecule has 4 heteroatoms. The smallest absolute Gasteiger partial charge is 0.253 e. The maximum absolute atomic E-state index is 11.8. The molecule has 1 saturated heterocycles. The van der Waals surface area contributed by atoms with Gasteiger partial charge in [0, 0.05) is 13.1 Å². The van der Waals surface area contributed by atoms with Gasteiger partial charge in [-0.15, -0.1) is 0 Å². The first kappa shape index (κ1) is 12.5. The van der Waals surface area contributed by atoms with E-state index in [-0.39, 0.29) is 11.9 Å². The van der Waals surface area contributed by atoms with Gasteiger partial charge in [-0.3, -0.25) is 4.79 Å². The molecule has 1 amide bonds. The number of hydrogen-bond acceptors (Lipinski definition) is 3. The standard InChI is InChI=1S/C11H22N2O2/c1-11(2,15)10(14)13(4)9-5-7-12(3)8-6-9/h9,15H,5-8H2,1-4H3. The van der Waals surface area contributed by atoms with Crippen molar-refractivity contribution in [1.82, 2.24) is 9.80 Å². The molecule has 0 aliphatic carbocycles. The van der Waals surface area contributed by atoms with Gasteiger partial charge in [-0.2, -0.15) is 0 Å². The quantitative estimate of drug-likeness (QED) is 0.719. The lowest BCUT2D eigenvalue weighted by atomic mass is 10.0. The Morgan fingerprint density at radius 1 is 1.40 bits per heavy atom. The number of likely N-dealkylation sites (tertiary alicyclic amines) is 1. The third-order valence-corrected chi connectivity index (χ3v) is 3.08. The van der Waals surface area contributed by atoms with E-state index in [1.54, 1.807) is 25.8 Å². The number of aliphatic hydroxyl groups is 1. The highest BCUT2D eigenvalue weighted by molar-refractivity contribution is 5.84. The number of nitrogens with zero attached hydrogens (tertiary/aromatic N) is 2. The summed E-state index contributed by atoms with van der Waals surface area (Å²) in [6.07, 6.45) is 1.99. The minimum atomic E-state index is -1.25. The molecule has 1 heterocycles. The summed E-state index contributed by atoms with van der Waals surface area (Å²) in [5.41, 5.74) is -1.25. The summed E-state index contributed by atoms with van der Waals surface area (Å²) in [5, 5.41) is 9.64. The summed E-state index contributed by atoms with van der Waals surface area (Å²) < 4.78 is 0. The Bertz CT molecular complexity index is 227. The van der Waals surface area contributed by atoms with Gasteiger partial charge >= 0.3 is 0 Å². The molecular weight excluding hydrogens is 192 g/mol. The van der Waals surface area contributed by atoms with E-state index in [9.17, 15) is 9.90 Å². The molecule has 0 aromatic carbocycles. The molecule has 1 rings (SSSR count). The minimum Gasteiger partial charge on any atom is -0.381 e. The number of amides is 1. The van der Waals surface area contributed by atoms with E-state index in [1.807, 2.05) is 0 Å². The highest BCUT2D eigenvalue weighted by Gasteiger charge is 2.32. The number of likely N-dealkylation sites (N-methyl/N-ethyl adjacent to an activating group) is 1. The van der Waals surface area contributed by atoms with Crippen LogP contribution in [0.4, 0.5) is 0 Å². The normalized spacial score (nSPS) is 20.3. The first-order valence-electron chi connectivity index (χ1n) is 5.50. The molecule has 1 fully saturated rings. The fraction of sp³-hybridized carbons (Fsp3) is 0.909. The molecule has 0 atom stereocenters. The third-order valence-electron chi connectivity index (χ3n) is 3.08. The Kier molecular flexibility index (Phi) is 3.73. The maximum atomic E-state index is 11.8. The van der Waals surface area contributed by atoms with Crippen LogP contribution >= 0.6 is 0 Å². The first-order valence-corrected chi connectivity index (χ1v) is 5.50. The molecule has 88 valence electrons. The molecular formula is C11H22N2O2. The molecule has 0 radical (unpaired) electrons. The van der Waals surface area contributed by atoms with E-state index < -0.39 is 5.60 Å². The zero-order valence-corrected chi connectivity index (χ0v) is 10.2. The van der Waals surface area contributed by atoms with Gasteiger partial charge in [-0.25, -0.2) is 0 Å². The monoisotopic (exact) mass is 214 g/mol. The van der Waals surface area contributed by atoms with Crippen molar-refractivity contribution < 1.29 is 9.90 Å². The van der Waals surface area contributed by atoms with E-state index in [4.69, 9.17) is 0 Å². The Morgan fingerprint density at radius 3 is 2.27 bits per heavy atom. The van der Waals surface area contributed by atoms with E-state index in [1.165, 1.54) is 0 Å². The molecule has 0 saturated carbocycles. The minimum absolute atomic E-state index is 0.183. The Labute approximate surface area is 91.9 Å². The fourth-order valence-electron chi connectivity index (χ4n) is 1.98. The maximum Gasteiger partial charge on any atom is 0.253 e. The van der Waals surface area contributed by atoms with Crippen molar-refractivity contribution in [3.8, 4) is 0 Å². The third kappa shape index (κ3) is 3.18. The molecule has 4 nitrogen and oxygen atoms in total. The molecule has 0 spiro atoms. The van der Waals surface area contributed by atoms with E-state index in [2.05, 4.69) is 11.9 Å². The second-order valence-electron chi connectivity index (χ2n) is 5.01. The van der Waals surface area contributed by atoms with Crippen LogP contribution in [0.2, 0.25) is 0 Å².